The van der Waals surface area contributed by atoms with Crippen molar-refractivity contribution in [3.8, 4) is 28.1 Å². The molecular formula is C43H36N2. The molecule has 0 aliphatic rings. The van der Waals surface area contributed by atoms with Crippen LogP contribution in [0.15, 0.2) is 158 Å². The van der Waals surface area contributed by atoms with E-state index in [9.17, 15) is 0 Å². The third-order valence-electron chi connectivity index (χ3n) is 8.56. The molecule has 218 valence electrons. The van der Waals surface area contributed by atoms with Gasteiger partial charge in [0.1, 0.15) is 0 Å². The quantitative estimate of drug-likeness (QED) is 0.164. The second kappa shape index (κ2) is 12.6. The molecule has 2 nitrogen and oxygen atoms in total. The lowest BCUT2D eigenvalue weighted by atomic mass is 10.0. The molecule has 0 unspecified atom stereocenters. The molecule has 7 aromatic rings. The van der Waals surface area contributed by atoms with Gasteiger partial charge in [-0.25, -0.2) is 0 Å². The maximum Gasteiger partial charge on any atom is 0.0708 e. The predicted molar refractivity (Wildman–Crippen MR) is 192 cm³/mol. The molecule has 2 heterocycles. The Morgan fingerprint density at radius 2 is 1.44 bits per heavy atom. The molecule has 0 spiro atoms. The molecule has 0 radical (unpaired) electrons. The molecule has 0 atom stereocenters. The number of para-hydroxylation sites is 1. The Bertz CT molecular complexity index is 2180. The van der Waals surface area contributed by atoms with Crippen LogP contribution in [0.2, 0.25) is 0 Å². The number of aryl methyl sites for hydroxylation is 1. The Kier molecular flexibility index (Phi) is 7.95. The summed E-state index contributed by atoms with van der Waals surface area (Å²) in [6.45, 7) is 4.36. The van der Waals surface area contributed by atoms with Gasteiger partial charge in [0.15, 0.2) is 0 Å². The zero-order valence-electron chi connectivity index (χ0n) is 25.8. The van der Waals surface area contributed by atoms with E-state index < -0.39 is 0 Å². The Balaban J connectivity index is 1.19. The van der Waals surface area contributed by atoms with Gasteiger partial charge in [-0.05, 0) is 84.0 Å². The van der Waals surface area contributed by atoms with Crippen molar-refractivity contribution < 1.29 is 0 Å². The molecule has 7 rings (SSSR count). The molecule has 0 aliphatic heterocycles. The zero-order chi connectivity index (χ0) is 30.6. The maximum absolute atomic E-state index is 4.61. The highest BCUT2D eigenvalue weighted by Gasteiger charge is 2.13. The van der Waals surface area contributed by atoms with E-state index in [-0.39, 0.29) is 0 Å². The summed E-state index contributed by atoms with van der Waals surface area (Å²) in [5.41, 5.74) is 13.3. The van der Waals surface area contributed by atoms with Gasteiger partial charge in [0.25, 0.3) is 0 Å². The monoisotopic (exact) mass is 580 g/mol. The lowest BCUT2D eigenvalue weighted by Gasteiger charge is -2.11. The van der Waals surface area contributed by atoms with Gasteiger partial charge in [0.05, 0.1) is 16.7 Å². The van der Waals surface area contributed by atoms with Gasteiger partial charge >= 0.3 is 0 Å². The lowest BCUT2D eigenvalue weighted by Crippen LogP contribution is -1.95. The number of hydrogen-bond acceptors (Lipinski definition) is 1. The van der Waals surface area contributed by atoms with E-state index in [1.165, 1.54) is 60.9 Å². The fourth-order valence-electron chi connectivity index (χ4n) is 6.28. The Morgan fingerprint density at radius 1 is 0.667 bits per heavy atom. The average Bonchev–Trinajstić information content (AvgIpc) is 3.42. The van der Waals surface area contributed by atoms with E-state index in [1.54, 1.807) is 0 Å². The van der Waals surface area contributed by atoms with Crippen LogP contribution in [0, 0.1) is 6.92 Å². The van der Waals surface area contributed by atoms with Gasteiger partial charge in [-0.2, -0.15) is 0 Å². The van der Waals surface area contributed by atoms with E-state index in [1.807, 2.05) is 12.3 Å². The fraction of sp³-hybridized carbons (Fsp3) is 0.0930. The third-order valence-corrected chi connectivity index (χ3v) is 8.56. The minimum Gasteiger partial charge on any atom is -0.309 e. The first-order chi connectivity index (χ1) is 22.2. The smallest absolute Gasteiger partial charge is 0.0708 e. The summed E-state index contributed by atoms with van der Waals surface area (Å²) in [7, 11) is 0. The number of pyridine rings is 1. The first kappa shape index (κ1) is 28.3. The van der Waals surface area contributed by atoms with Crippen LogP contribution in [0.5, 0.6) is 0 Å². The molecule has 45 heavy (non-hydrogen) atoms. The normalized spacial score (nSPS) is 12.0. The second-order valence-electron chi connectivity index (χ2n) is 11.6. The van der Waals surface area contributed by atoms with Gasteiger partial charge in [0.2, 0.25) is 0 Å². The molecule has 5 aromatic carbocycles. The Labute approximate surface area is 265 Å². The first-order valence-electron chi connectivity index (χ1n) is 15.7. The molecular weight excluding hydrogens is 544 g/mol. The molecule has 0 saturated carbocycles. The molecule has 0 fully saturated rings. The molecule has 0 amide bonds. The van der Waals surface area contributed by atoms with Crippen LogP contribution in [0.1, 0.15) is 30.0 Å². The van der Waals surface area contributed by atoms with Crippen molar-refractivity contribution >= 4 is 27.4 Å². The largest absolute Gasteiger partial charge is 0.309 e. The zero-order valence-corrected chi connectivity index (χ0v) is 25.8. The summed E-state index contributed by atoms with van der Waals surface area (Å²) in [6, 6.07) is 48.0. The highest BCUT2D eigenvalue weighted by Crippen LogP contribution is 2.35. The fourth-order valence-corrected chi connectivity index (χ4v) is 6.28. The van der Waals surface area contributed by atoms with Gasteiger partial charge in [-0.1, -0.05) is 128 Å². The topological polar surface area (TPSA) is 17.8 Å². The van der Waals surface area contributed by atoms with Gasteiger partial charge < -0.3 is 4.57 Å². The van der Waals surface area contributed by atoms with Crippen LogP contribution in [-0.2, 0) is 6.42 Å². The van der Waals surface area contributed by atoms with Gasteiger partial charge in [-0.3, -0.25) is 4.98 Å². The van der Waals surface area contributed by atoms with Gasteiger partial charge in [0, 0.05) is 28.2 Å². The van der Waals surface area contributed by atoms with E-state index >= 15 is 0 Å². The number of rotatable bonds is 8. The van der Waals surface area contributed by atoms with Crippen LogP contribution in [0.4, 0.5) is 0 Å². The van der Waals surface area contributed by atoms with Crippen LogP contribution < -0.4 is 0 Å². The molecule has 2 aromatic heterocycles. The molecule has 0 aliphatic carbocycles. The number of fused-ring (bicyclic) bond motifs is 3. The van der Waals surface area contributed by atoms with E-state index in [0.717, 1.165) is 24.1 Å². The SMILES string of the molecule is CC/C(=C\C=C/Cc1cccc(-n2c3ccccc3c3ccc(-c4cccc(C)c4)cc32)c1)c1ccnc(-c2ccccc2)c1. The number of benzene rings is 5. The summed E-state index contributed by atoms with van der Waals surface area (Å²) in [6.07, 6.45) is 10.4. The van der Waals surface area contributed by atoms with E-state index in [4.69, 9.17) is 0 Å². The highest BCUT2D eigenvalue weighted by molar-refractivity contribution is 6.10. The van der Waals surface area contributed by atoms with E-state index in [0.29, 0.717) is 0 Å². The summed E-state index contributed by atoms with van der Waals surface area (Å²) < 4.78 is 2.42. The molecule has 2 heteroatoms. The second-order valence-corrected chi connectivity index (χ2v) is 11.6. The number of hydrogen-bond donors (Lipinski definition) is 0. The summed E-state index contributed by atoms with van der Waals surface area (Å²) in [5, 5.41) is 2.55. The maximum atomic E-state index is 4.61. The highest BCUT2D eigenvalue weighted by atomic mass is 15.0. The molecule has 0 saturated heterocycles. The minimum atomic E-state index is 0.860. The number of allylic oxidation sites excluding steroid dienone is 4. The first-order valence-corrected chi connectivity index (χ1v) is 15.7. The Morgan fingerprint density at radius 3 is 2.31 bits per heavy atom. The van der Waals surface area contributed by atoms with Crippen molar-refractivity contribution in [2.45, 2.75) is 26.7 Å². The van der Waals surface area contributed by atoms with E-state index in [2.05, 4.69) is 169 Å². The van der Waals surface area contributed by atoms with Crippen molar-refractivity contribution in [2.24, 2.45) is 0 Å². The standard InChI is InChI=1S/C43H36N2/c1-3-33(37-25-26-44-41(29-37)34-17-5-4-6-18-34)16-8-7-14-32-15-12-20-38(28-32)45-42-22-10-9-21-39(42)40-24-23-36(30-43(40)45)35-19-11-13-31(2)27-35/h4-13,15-30H,3,14H2,1-2H3/b8-7-,33-16+. The minimum absolute atomic E-state index is 0.860. The summed E-state index contributed by atoms with van der Waals surface area (Å²) >= 11 is 0. The van der Waals surface area contributed by atoms with Crippen molar-refractivity contribution in [2.75, 3.05) is 0 Å². The van der Waals surface area contributed by atoms with Crippen molar-refractivity contribution in [3.05, 3.63) is 175 Å². The number of aromatic nitrogens is 2. The van der Waals surface area contributed by atoms with Crippen molar-refractivity contribution in [1.29, 1.82) is 0 Å². The van der Waals surface area contributed by atoms with Crippen molar-refractivity contribution in [3.63, 3.8) is 0 Å². The van der Waals surface area contributed by atoms with Crippen LogP contribution >= 0.6 is 0 Å². The van der Waals surface area contributed by atoms with Crippen molar-refractivity contribution in [1.82, 2.24) is 9.55 Å². The average molecular weight is 581 g/mol. The summed E-state index contributed by atoms with van der Waals surface area (Å²) in [5.74, 6) is 0. The van der Waals surface area contributed by atoms with Crippen LogP contribution in [-0.4, -0.2) is 9.55 Å². The van der Waals surface area contributed by atoms with Crippen LogP contribution in [0.25, 0.3) is 55.5 Å². The third kappa shape index (κ3) is 5.88. The van der Waals surface area contributed by atoms with Gasteiger partial charge in [-0.15, -0.1) is 0 Å². The molecule has 0 N–H and O–H groups in total. The number of nitrogens with zero attached hydrogens (tertiary/aromatic N) is 2. The lowest BCUT2D eigenvalue weighted by molar-refractivity contribution is 1.15. The molecule has 0 bridgehead atoms. The predicted octanol–water partition coefficient (Wildman–Crippen LogP) is 11.4. The Hall–Kier alpha value is -5.47. The van der Waals surface area contributed by atoms with Crippen LogP contribution in [0.3, 0.4) is 0 Å². The summed E-state index contributed by atoms with van der Waals surface area (Å²) in [4.78, 5) is 4.61.